The number of hydrogen-bond acceptors (Lipinski definition) is 2. The Morgan fingerprint density at radius 3 is 2.73 bits per heavy atom. The molecular weight excluding hydrogens is 301 g/mol. The van der Waals surface area contributed by atoms with Crippen LogP contribution in [0.25, 0.3) is 0 Å². The highest BCUT2D eigenvalue weighted by atomic mass is 127. The molecule has 0 aromatic carbocycles. The summed E-state index contributed by atoms with van der Waals surface area (Å²) in [5.41, 5.74) is 5.93. The van der Waals surface area contributed by atoms with Crippen molar-refractivity contribution in [3.63, 3.8) is 0 Å². The maximum absolute atomic E-state index is 5.93. The Morgan fingerprint density at radius 1 is 1.47 bits per heavy atom. The predicted octanol–water partition coefficient (Wildman–Crippen LogP) is 3.60. The fraction of sp³-hybridized carbons (Fsp3) is 0.727. The zero-order valence-corrected chi connectivity index (χ0v) is 11.7. The third kappa shape index (κ3) is 3.66. The SMILES string of the molecule is CCCCCCC(C)n1ncc(I)c1N. The van der Waals surface area contributed by atoms with Crippen LogP contribution in [0, 0.1) is 3.57 Å². The minimum atomic E-state index is 0.422. The lowest BCUT2D eigenvalue weighted by atomic mass is 10.1. The zero-order chi connectivity index (χ0) is 11.3. The summed E-state index contributed by atoms with van der Waals surface area (Å²) in [5, 5.41) is 4.30. The molecule has 0 aliphatic heterocycles. The van der Waals surface area contributed by atoms with Gasteiger partial charge in [-0.2, -0.15) is 5.10 Å². The third-order valence-electron chi connectivity index (χ3n) is 2.68. The summed E-state index contributed by atoms with van der Waals surface area (Å²) in [5.74, 6) is 0.804. The summed E-state index contributed by atoms with van der Waals surface area (Å²) < 4.78 is 2.99. The van der Waals surface area contributed by atoms with Crippen LogP contribution in [-0.2, 0) is 0 Å². The first-order chi connectivity index (χ1) is 7.16. The van der Waals surface area contributed by atoms with E-state index in [0.29, 0.717) is 6.04 Å². The predicted molar refractivity (Wildman–Crippen MR) is 72.8 cm³/mol. The van der Waals surface area contributed by atoms with Gasteiger partial charge in [-0.05, 0) is 35.9 Å². The molecule has 0 amide bonds. The topological polar surface area (TPSA) is 43.8 Å². The average Bonchev–Trinajstić information content (AvgIpc) is 2.55. The average molecular weight is 321 g/mol. The molecule has 0 saturated carbocycles. The molecule has 4 heteroatoms. The summed E-state index contributed by atoms with van der Waals surface area (Å²) in [7, 11) is 0. The number of unbranched alkanes of at least 4 members (excludes halogenated alkanes) is 3. The van der Waals surface area contributed by atoms with Gasteiger partial charge < -0.3 is 5.73 Å². The van der Waals surface area contributed by atoms with Gasteiger partial charge in [-0.3, -0.25) is 0 Å². The molecule has 0 bridgehead atoms. The number of aromatic nitrogens is 2. The Kier molecular flexibility index (Phi) is 5.42. The minimum Gasteiger partial charge on any atom is -0.383 e. The van der Waals surface area contributed by atoms with Crippen LogP contribution in [0.2, 0.25) is 0 Å². The molecule has 3 nitrogen and oxygen atoms in total. The summed E-state index contributed by atoms with van der Waals surface area (Å²) >= 11 is 2.22. The van der Waals surface area contributed by atoms with E-state index in [1.807, 2.05) is 10.9 Å². The van der Waals surface area contributed by atoms with E-state index in [1.165, 1.54) is 32.1 Å². The highest BCUT2D eigenvalue weighted by molar-refractivity contribution is 14.1. The Bertz CT molecular complexity index is 296. The largest absolute Gasteiger partial charge is 0.383 e. The van der Waals surface area contributed by atoms with Gasteiger partial charge in [-0.1, -0.05) is 32.6 Å². The fourth-order valence-corrected chi connectivity index (χ4v) is 2.06. The van der Waals surface area contributed by atoms with Crippen molar-refractivity contribution in [1.29, 1.82) is 0 Å². The Balaban J connectivity index is 2.40. The molecule has 0 spiro atoms. The van der Waals surface area contributed by atoms with E-state index >= 15 is 0 Å². The van der Waals surface area contributed by atoms with Crippen LogP contribution >= 0.6 is 22.6 Å². The monoisotopic (exact) mass is 321 g/mol. The molecule has 0 aliphatic carbocycles. The molecule has 0 radical (unpaired) electrons. The van der Waals surface area contributed by atoms with E-state index in [0.717, 1.165) is 9.39 Å². The van der Waals surface area contributed by atoms with Gasteiger partial charge in [-0.15, -0.1) is 0 Å². The summed E-state index contributed by atoms with van der Waals surface area (Å²) in [6, 6.07) is 0.422. The van der Waals surface area contributed by atoms with Crippen molar-refractivity contribution in [1.82, 2.24) is 9.78 Å². The van der Waals surface area contributed by atoms with Gasteiger partial charge >= 0.3 is 0 Å². The van der Waals surface area contributed by atoms with E-state index < -0.39 is 0 Å². The van der Waals surface area contributed by atoms with E-state index in [1.54, 1.807) is 0 Å². The second-order valence-corrected chi connectivity index (χ2v) is 5.18. The summed E-state index contributed by atoms with van der Waals surface area (Å²) in [6.07, 6.45) is 8.21. The van der Waals surface area contributed by atoms with Crippen LogP contribution < -0.4 is 5.73 Å². The third-order valence-corrected chi connectivity index (χ3v) is 3.51. The molecule has 1 aromatic heterocycles. The van der Waals surface area contributed by atoms with Gasteiger partial charge in [0.1, 0.15) is 5.82 Å². The fourth-order valence-electron chi connectivity index (χ4n) is 1.69. The zero-order valence-electron chi connectivity index (χ0n) is 9.54. The first-order valence-corrected chi connectivity index (χ1v) is 6.73. The molecule has 0 aliphatic rings. The van der Waals surface area contributed by atoms with Crippen LogP contribution in [0.5, 0.6) is 0 Å². The lowest BCUT2D eigenvalue weighted by Gasteiger charge is -2.13. The summed E-state index contributed by atoms with van der Waals surface area (Å²) in [6.45, 7) is 4.42. The van der Waals surface area contributed by atoms with Crippen LogP contribution in [0.3, 0.4) is 0 Å². The quantitative estimate of drug-likeness (QED) is 0.643. The van der Waals surface area contributed by atoms with Crippen molar-refractivity contribution in [2.24, 2.45) is 0 Å². The van der Waals surface area contributed by atoms with Crippen molar-refractivity contribution in [2.45, 2.75) is 52.0 Å². The molecule has 0 saturated heterocycles. The normalized spacial score (nSPS) is 13.0. The number of nitrogen functional groups attached to an aromatic ring is 1. The first-order valence-electron chi connectivity index (χ1n) is 5.65. The number of nitrogens with two attached hydrogens (primary N) is 1. The number of halogens is 1. The first kappa shape index (κ1) is 12.8. The maximum atomic E-state index is 5.93. The summed E-state index contributed by atoms with van der Waals surface area (Å²) in [4.78, 5) is 0. The van der Waals surface area contributed by atoms with Gasteiger partial charge in [0.2, 0.25) is 0 Å². The smallest absolute Gasteiger partial charge is 0.135 e. The molecule has 86 valence electrons. The second-order valence-electron chi connectivity index (χ2n) is 4.02. The van der Waals surface area contributed by atoms with Crippen LogP contribution in [0.1, 0.15) is 52.0 Å². The van der Waals surface area contributed by atoms with Gasteiger partial charge in [0, 0.05) is 0 Å². The lowest BCUT2D eigenvalue weighted by Crippen LogP contribution is -2.10. The maximum Gasteiger partial charge on any atom is 0.135 e. The second kappa shape index (κ2) is 6.35. The molecule has 1 rings (SSSR count). The number of anilines is 1. The van der Waals surface area contributed by atoms with E-state index in [9.17, 15) is 0 Å². The standard InChI is InChI=1S/C11H20IN3/c1-3-4-5-6-7-9(2)15-11(13)10(12)8-14-15/h8-9H,3-7,13H2,1-2H3. The van der Waals surface area contributed by atoms with Gasteiger partial charge in [0.25, 0.3) is 0 Å². The molecule has 1 unspecified atom stereocenters. The molecule has 1 aromatic rings. The molecule has 15 heavy (non-hydrogen) atoms. The van der Waals surface area contributed by atoms with Gasteiger partial charge in [0.05, 0.1) is 15.8 Å². The Morgan fingerprint density at radius 2 is 2.20 bits per heavy atom. The number of rotatable bonds is 6. The van der Waals surface area contributed by atoms with E-state index in [-0.39, 0.29) is 0 Å². The minimum absolute atomic E-state index is 0.422. The van der Waals surface area contributed by atoms with Crippen molar-refractivity contribution < 1.29 is 0 Å². The Hall–Kier alpha value is -0.260. The molecular formula is C11H20IN3. The Labute approximate surface area is 106 Å². The van der Waals surface area contributed by atoms with Crippen LogP contribution in [0.4, 0.5) is 5.82 Å². The van der Waals surface area contributed by atoms with Gasteiger partial charge in [0.15, 0.2) is 0 Å². The molecule has 2 N–H and O–H groups in total. The van der Waals surface area contributed by atoms with E-state index in [2.05, 4.69) is 41.5 Å². The number of hydrogen-bond donors (Lipinski definition) is 1. The highest BCUT2D eigenvalue weighted by Crippen LogP contribution is 2.21. The number of nitrogens with zero attached hydrogens (tertiary/aromatic N) is 2. The molecule has 1 atom stereocenters. The van der Waals surface area contributed by atoms with Crippen molar-refractivity contribution in [3.8, 4) is 0 Å². The van der Waals surface area contributed by atoms with Crippen LogP contribution in [-0.4, -0.2) is 9.78 Å². The van der Waals surface area contributed by atoms with Crippen molar-refractivity contribution >= 4 is 28.4 Å². The van der Waals surface area contributed by atoms with E-state index in [4.69, 9.17) is 5.73 Å². The lowest BCUT2D eigenvalue weighted by molar-refractivity contribution is 0.441. The molecule has 0 fully saturated rings. The van der Waals surface area contributed by atoms with Crippen molar-refractivity contribution in [3.05, 3.63) is 9.77 Å². The highest BCUT2D eigenvalue weighted by Gasteiger charge is 2.10. The molecule has 1 heterocycles. The van der Waals surface area contributed by atoms with Crippen LogP contribution in [0.15, 0.2) is 6.20 Å². The van der Waals surface area contributed by atoms with Crippen molar-refractivity contribution in [2.75, 3.05) is 5.73 Å². The van der Waals surface area contributed by atoms with Gasteiger partial charge in [-0.25, -0.2) is 4.68 Å².